The van der Waals surface area contributed by atoms with Gasteiger partial charge in [0.2, 0.25) is 5.91 Å². The number of rotatable bonds is 6. The van der Waals surface area contributed by atoms with Crippen molar-refractivity contribution in [2.24, 2.45) is 5.92 Å². The van der Waals surface area contributed by atoms with E-state index in [4.69, 9.17) is 0 Å². The standard InChI is InChI=1S/C13H23F3N2O2/c1-10-4-3-6-18(8-10)7-5-17-12(19)11(2)20-9-13(14,15)16/h10-11H,3-9H2,1-2H3,(H,17,19). The maximum atomic E-state index is 11.9. The zero-order valence-electron chi connectivity index (χ0n) is 12.0. The van der Waals surface area contributed by atoms with Crippen LogP contribution in [-0.2, 0) is 9.53 Å². The van der Waals surface area contributed by atoms with Gasteiger partial charge in [-0.05, 0) is 32.2 Å². The van der Waals surface area contributed by atoms with Gasteiger partial charge in [0.15, 0.2) is 0 Å². The van der Waals surface area contributed by atoms with Crippen molar-refractivity contribution in [3.05, 3.63) is 0 Å². The fourth-order valence-electron chi connectivity index (χ4n) is 2.27. The molecule has 20 heavy (non-hydrogen) atoms. The third kappa shape index (κ3) is 7.09. The highest BCUT2D eigenvalue weighted by Crippen LogP contribution is 2.16. The van der Waals surface area contributed by atoms with E-state index in [2.05, 4.69) is 21.9 Å². The number of amides is 1. The lowest BCUT2D eigenvalue weighted by atomic mass is 10.0. The highest BCUT2D eigenvalue weighted by Gasteiger charge is 2.29. The molecular weight excluding hydrogens is 273 g/mol. The molecule has 0 bridgehead atoms. The number of halogens is 3. The van der Waals surface area contributed by atoms with Gasteiger partial charge in [-0.2, -0.15) is 13.2 Å². The van der Waals surface area contributed by atoms with Crippen molar-refractivity contribution in [2.45, 2.75) is 39.0 Å². The third-order valence-corrected chi connectivity index (χ3v) is 3.33. The van der Waals surface area contributed by atoms with Crippen LogP contribution in [0.2, 0.25) is 0 Å². The Kier molecular flexibility index (Phi) is 6.75. The van der Waals surface area contributed by atoms with Crippen LogP contribution in [0.5, 0.6) is 0 Å². The Labute approximate surface area is 117 Å². The number of alkyl halides is 3. The average Bonchev–Trinajstić information content (AvgIpc) is 2.35. The molecule has 1 aliphatic rings. The van der Waals surface area contributed by atoms with Crippen molar-refractivity contribution < 1.29 is 22.7 Å². The molecule has 1 saturated heterocycles. The minimum Gasteiger partial charge on any atom is -0.359 e. The molecule has 2 atom stereocenters. The monoisotopic (exact) mass is 296 g/mol. The molecule has 0 saturated carbocycles. The second-order valence-electron chi connectivity index (χ2n) is 5.41. The van der Waals surface area contributed by atoms with E-state index in [-0.39, 0.29) is 0 Å². The lowest BCUT2D eigenvalue weighted by Crippen LogP contribution is -2.43. The fourth-order valence-corrected chi connectivity index (χ4v) is 2.27. The zero-order chi connectivity index (χ0) is 15.2. The van der Waals surface area contributed by atoms with Gasteiger partial charge in [-0.1, -0.05) is 6.92 Å². The lowest BCUT2D eigenvalue weighted by Gasteiger charge is -2.30. The van der Waals surface area contributed by atoms with E-state index < -0.39 is 24.8 Å². The SMILES string of the molecule is CC1CCCN(CCNC(=O)C(C)OCC(F)(F)F)C1. The Morgan fingerprint density at radius 1 is 1.50 bits per heavy atom. The Morgan fingerprint density at radius 3 is 2.80 bits per heavy atom. The van der Waals surface area contributed by atoms with Crippen molar-refractivity contribution in [1.29, 1.82) is 0 Å². The average molecular weight is 296 g/mol. The number of piperidine rings is 1. The molecule has 0 aromatic carbocycles. The first-order valence-electron chi connectivity index (χ1n) is 6.96. The maximum Gasteiger partial charge on any atom is 0.411 e. The van der Waals surface area contributed by atoms with Crippen LogP contribution in [-0.4, -0.2) is 55.9 Å². The van der Waals surface area contributed by atoms with E-state index in [0.29, 0.717) is 12.5 Å². The van der Waals surface area contributed by atoms with Crippen molar-refractivity contribution >= 4 is 5.91 Å². The van der Waals surface area contributed by atoms with Crippen LogP contribution < -0.4 is 5.32 Å². The molecule has 1 aliphatic heterocycles. The number of carbonyl (C=O) groups is 1. The molecule has 0 radical (unpaired) electrons. The van der Waals surface area contributed by atoms with Crippen molar-refractivity contribution in [2.75, 3.05) is 32.8 Å². The normalized spacial score (nSPS) is 22.6. The van der Waals surface area contributed by atoms with Crippen LogP contribution in [0.15, 0.2) is 0 Å². The molecule has 0 aliphatic carbocycles. The summed E-state index contributed by atoms with van der Waals surface area (Å²) in [4.78, 5) is 13.8. The first-order chi connectivity index (χ1) is 9.28. The molecule has 1 amide bonds. The first-order valence-corrected chi connectivity index (χ1v) is 6.96. The van der Waals surface area contributed by atoms with Crippen LogP contribution in [0, 0.1) is 5.92 Å². The molecule has 4 nitrogen and oxygen atoms in total. The number of nitrogens with one attached hydrogen (secondary N) is 1. The molecule has 0 aromatic heterocycles. The number of nitrogens with zero attached hydrogens (tertiary/aromatic N) is 1. The summed E-state index contributed by atoms with van der Waals surface area (Å²) in [6.07, 6.45) is -3.11. The van der Waals surface area contributed by atoms with Crippen LogP contribution in [0.4, 0.5) is 13.2 Å². The van der Waals surface area contributed by atoms with Gasteiger partial charge < -0.3 is 15.0 Å². The Balaban J connectivity index is 2.15. The lowest BCUT2D eigenvalue weighted by molar-refractivity contribution is -0.185. The van der Waals surface area contributed by atoms with Gasteiger partial charge in [-0.15, -0.1) is 0 Å². The summed E-state index contributed by atoms with van der Waals surface area (Å²) < 4.78 is 40.3. The summed E-state index contributed by atoms with van der Waals surface area (Å²) in [7, 11) is 0. The van der Waals surface area contributed by atoms with Crippen LogP contribution in [0.25, 0.3) is 0 Å². The van der Waals surface area contributed by atoms with E-state index in [0.717, 1.165) is 26.1 Å². The largest absolute Gasteiger partial charge is 0.411 e. The smallest absolute Gasteiger partial charge is 0.359 e. The Bertz CT molecular complexity index is 310. The van der Waals surface area contributed by atoms with E-state index >= 15 is 0 Å². The van der Waals surface area contributed by atoms with Gasteiger partial charge in [0.1, 0.15) is 12.7 Å². The van der Waals surface area contributed by atoms with Gasteiger partial charge in [0.05, 0.1) is 0 Å². The van der Waals surface area contributed by atoms with E-state index in [1.807, 2.05) is 0 Å². The zero-order valence-corrected chi connectivity index (χ0v) is 12.0. The molecule has 1 rings (SSSR count). The summed E-state index contributed by atoms with van der Waals surface area (Å²) in [5.41, 5.74) is 0. The molecular formula is C13H23F3N2O2. The van der Waals surface area contributed by atoms with Gasteiger partial charge >= 0.3 is 6.18 Å². The van der Waals surface area contributed by atoms with Gasteiger partial charge in [0, 0.05) is 19.6 Å². The van der Waals surface area contributed by atoms with Crippen LogP contribution in [0.3, 0.4) is 0 Å². The molecule has 1 heterocycles. The maximum absolute atomic E-state index is 11.9. The third-order valence-electron chi connectivity index (χ3n) is 3.33. The molecule has 1 fully saturated rings. The molecule has 2 unspecified atom stereocenters. The highest BCUT2D eigenvalue weighted by molar-refractivity contribution is 5.80. The second kappa shape index (κ2) is 7.83. The number of hydrogen-bond donors (Lipinski definition) is 1. The van der Waals surface area contributed by atoms with Crippen molar-refractivity contribution in [3.8, 4) is 0 Å². The molecule has 1 N–H and O–H groups in total. The molecule has 7 heteroatoms. The fraction of sp³-hybridized carbons (Fsp3) is 0.923. The van der Waals surface area contributed by atoms with Gasteiger partial charge in [-0.25, -0.2) is 0 Å². The van der Waals surface area contributed by atoms with Gasteiger partial charge in [0.25, 0.3) is 0 Å². The van der Waals surface area contributed by atoms with E-state index in [1.54, 1.807) is 0 Å². The first kappa shape index (κ1) is 17.2. The number of likely N-dealkylation sites (tertiary alicyclic amines) is 1. The number of ether oxygens (including phenoxy) is 1. The number of carbonyl (C=O) groups excluding carboxylic acids is 1. The molecule has 0 spiro atoms. The van der Waals surface area contributed by atoms with Crippen molar-refractivity contribution in [3.63, 3.8) is 0 Å². The van der Waals surface area contributed by atoms with Crippen molar-refractivity contribution in [1.82, 2.24) is 10.2 Å². The summed E-state index contributed by atoms with van der Waals surface area (Å²) in [6.45, 7) is 5.30. The summed E-state index contributed by atoms with van der Waals surface area (Å²) in [6, 6.07) is 0. The van der Waals surface area contributed by atoms with Crippen LogP contribution >= 0.6 is 0 Å². The minimum atomic E-state index is -4.40. The van der Waals surface area contributed by atoms with Gasteiger partial charge in [-0.3, -0.25) is 4.79 Å². The summed E-state index contributed by atoms with van der Waals surface area (Å²) in [5.74, 6) is 0.160. The predicted molar refractivity (Wildman–Crippen MR) is 69.3 cm³/mol. The second-order valence-corrected chi connectivity index (χ2v) is 5.41. The van der Waals surface area contributed by atoms with Crippen LogP contribution in [0.1, 0.15) is 26.7 Å². The quantitative estimate of drug-likeness (QED) is 0.812. The van der Waals surface area contributed by atoms with E-state index in [9.17, 15) is 18.0 Å². The predicted octanol–water partition coefficient (Wildman–Crippen LogP) is 1.80. The topological polar surface area (TPSA) is 41.6 Å². The Morgan fingerprint density at radius 2 is 2.20 bits per heavy atom. The highest BCUT2D eigenvalue weighted by atomic mass is 19.4. The summed E-state index contributed by atoms with van der Waals surface area (Å²) >= 11 is 0. The van der Waals surface area contributed by atoms with E-state index in [1.165, 1.54) is 13.3 Å². The Hall–Kier alpha value is -0.820. The molecule has 0 aromatic rings. The summed E-state index contributed by atoms with van der Waals surface area (Å²) in [5, 5.41) is 2.61. The number of hydrogen-bond acceptors (Lipinski definition) is 3. The molecule has 118 valence electrons. The minimum absolute atomic E-state index is 0.436.